The normalized spacial score (nSPS) is 11.1. The van der Waals surface area contributed by atoms with E-state index >= 15 is 0 Å². The molecule has 8 heteroatoms. The molecule has 0 atom stereocenters. The summed E-state index contributed by atoms with van der Waals surface area (Å²) in [7, 11) is 0. The number of anilines is 1. The molecule has 7 nitrogen and oxygen atoms in total. The third-order valence-corrected chi connectivity index (χ3v) is 5.39. The molecule has 2 aromatic carbocycles. The Labute approximate surface area is 188 Å². The fourth-order valence-corrected chi connectivity index (χ4v) is 3.67. The van der Waals surface area contributed by atoms with E-state index in [4.69, 9.17) is 20.5 Å². The van der Waals surface area contributed by atoms with Gasteiger partial charge in [-0.25, -0.2) is 9.97 Å². The highest BCUT2D eigenvalue weighted by Gasteiger charge is 2.24. The predicted octanol–water partition coefficient (Wildman–Crippen LogP) is 6.07. The smallest absolute Gasteiger partial charge is 0.261 e. The van der Waals surface area contributed by atoms with Crippen LogP contribution in [0.1, 0.15) is 21.8 Å². The number of aromatic nitrogens is 3. The molecule has 158 valence electrons. The monoisotopic (exact) mass is 444 g/mol. The molecule has 5 rings (SSSR count). The first kappa shape index (κ1) is 20.0. The number of rotatable bonds is 4. The maximum absolute atomic E-state index is 13.2. The Morgan fingerprint density at radius 3 is 2.53 bits per heavy atom. The molecule has 0 aliphatic rings. The van der Waals surface area contributed by atoms with Crippen LogP contribution in [0.2, 0.25) is 5.02 Å². The van der Waals surface area contributed by atoms with Gasteiger partial charge in [-0.1, -0.05) is 53.2 Å². The lowest BCUT2D eigenvalue weighted by molar-refractivity contribution is 0.102. The summed E-state index contributed by atoms with van der Waals surface area (Å²) >= 11 is 6.31. The predicted molar refractivity (Wildman–Crippen MR) is 122 cm³/mol. The number of fused-ring (bicyclic) bond motifs is 1. The SMILES string of the molecule is Cc1nc2oc(-c3ccccc3)nc2cc1NC(=O)c1c(-c2ccccc2Cl)noc1C. The molecule has 0 unspecified atom stereocenters. The van der Waals surface area contributed by atoms with Gasteiger partial charge in [0.05, 0.1) is 16.4 Å². The van der Waals surface area contributed by atoms with E-state index in [9.17, 15) is 4.79 Å². The van der Waals surface area contributed by atoms with Gasteiger partial charge >= 0.3 is 0 Å². The van der Waals surface area contributed by atoms with Crippen LogP contribution in [0.25, 0.3) is 33.9 Å². The van der Waals surface area contributed by atoms with Crippen molar-refractivity contribution in [3.05, 3.63) is 82.7 Å². The number of oxazole rings is 1. The second kappa shape index (κ2) is 7.94. The fraction of sp³-hybridized carbons (Fsp3) is 0.0833. The molecule has 0 bridgehead atoms. The first-order valence-electron chi connectivity index (χ1n) is 9.87. The second-order valence-corrected chi connectivity index (χ2v) is 7.63. The molecule has 1 N–H and O–H groups in total. The number of carbonyl (C=O) groups is 1. The molecule has 0 radical (unpaired) electrons. The van der Waals surface area contributed by atoms with Crippen molar-refractivity contribution in [1.82, 2.24) is 15.1 Å². The Bertz CT molecular complexity index is 1460. The van der Waals surface area contributed by atoms with Crippen LogP contribution in [0.5, 0.6) is 0 Å². The highest BCUT2D eigenvalue weighted by molar-refractivity contribution is 6.33. The number of hydrogen-bond donors (Lipinski definition) is 1. The summed E-state index contributed by atoms with van der Waals surface area (Å²) in [5.74, 6) is 0.471. The van der Waals surface area contributed by atoms with Crippen LogP contribution in [-0.4, -0.2) is 21.0 Å². The van der Waals surface area contributed by atoms with Gasteiger partial charge in [-0.15, -0.1) is 0 Å². The molecule has 1 amide bonds. The Morgan fingerprint density at radius 2 is 1.75 bits per heavy atom. The molecule has 0 aliphatic heterocycles. The highest BCUT2D eigenvalue weighted by atomic mass is 35.5. The van der Waals surface area contributed by atoms with E-state index in [1.54, 1.807) is 32.0 Å². The summed E-state index contributed by atoms with van der Waals surface area (Å²) in [6, 6.07) is 18.5. The largest absolute Gasteiger partial charge is 0.418 e. The number of nitrogens with one attached hydrogen (secondary N) is 1. The van der Waals surface area contributed by atoms with Gasteiger partial charge in [-0.3, -0.25) is 4.79 Å². The molecular weight excluding hydrogens is 428 g/mol. The summed E-state index contributed by atoms with van der Waals surface area (Å²) in [6.07, 6.45) is 0. The van der Waals surface area contributed by atoms with Gasteiger partial charge in [0.25, 0.3) is 5.91 Å². The lowest BCUT2D eigenvalue weighted by Gasteiger charge is -2.08. The second-order valence-electron chi connectivity index (χ2n) is 7.23. The summed E-state index contributed by atoms with van der Waals surface area (Å²) in [4.78, 5) is 22.2. The minimum Gasteiger partial charge on any atom is -0.418 e. The molecule has 3 aromatic heterocycles. The lowest BCUT2D eigenvalue weighted by atomic mass is 10.1. The third kappa shape index (κ3) is 3.52. The van der Waals surface area contributed by atoms with E-state index in [2.05, 4.69) is 20.4 Å². The van der Waals surface area contributed by atoms with Gasteiger partial charge in [0.1, 0.15) is 22.5 Å². The molecular formula is C24H17ClN4O3. The summed E-state index contributed by atoms with van der Waals surface area (Å²) in [5.41, 5.74) is 4.20. The maximum atomic E-state index is 13.2. The van der Waals surface area contributed by atoms with Crippen molar-refractivity contribution in [2.24, 2.45) is 0 Å². The topological polar surface area (TPSA) is 94.1 Å². The Balaban J connectivity index is 1.50. The van der Waals surface area contributed by atoms with Crippen LogP contribution in [-0.2, 0) is 0 Å². The highest BCUT2D eigenvalue weighted by Crippen LogP contribution is 2.32. The minimum absolute atomic E-state index is 0.308. The van der Waals surface area contributed by atoms with Crippen LogP contribution in [0.15, 0.2) is 69.6 Å². The van der Waals surface area contributed by atoms with Gasteiger partial charge in [0.15, 0.2) is 0 Å². The number of benzene rings is 2. The van der Waals surface area contributed by atoms with Crippen molar-refractivity contribution < 1.29 is 13.7 Å². The fourth-order valence-electron chi connectivity index (χ4n) is 3.44. The number of amides is 1. The maximum Gasteiger partial charge on any atom is 0.261 e. The Kier molecular flexibility index (Phi) is 4.95. The molecule has 32 heavy (non-hydrogen) atoms. The zero-order chi connectivity index (χ0) is 22.2. The Hall–Kier alpha value is -3.97. The van der Waals surface area contributed by atoms with E-state index in [-0.39, 0.29) is 5.91 Å². The molecule has 3 heterocycles. The van der Waals surface area contributed by atoms with Gasteiger partial charge < -0.3 is 14.3 Å². The number of aryl methyl sites for hydroxylation is 2. The molecule has 0 aliphatic carbocycles. The van der Waals surface area contributed by atoms with Crippen molar-refractivity contribution in [3.8, 4) is 22.7 Å². The number of carbonyl (C=O) groups excluding carboxylic acids is 1. The van der Waals surface area contributed by atoms with Crippen LogP contribution >= 0.6 is 11.6 Å². The van der Waals surface area contributed by atoms with Crippen molar-refractivity contribution >= 4 is 34.4 Å². The van der Waals surface area contributed by atoms with Crippen LogP contribution in [0.3, 0.4) is 0 Å². The van der Waals surface area contributed by atoms with E-state index in [1.807, 2.05) is 42.5 Å². The molecule has 0 spiro atoms. The first-order valence-corrected chi connectivity index (χ1v) is 10.2. The third-order valence-electron chi connectivity index (χ3n) is 5.06. The van der Waals surface area contributed by atoms with Gasteiger partial charge in [0.2, 0.25) is 11.6 Å². The van der Waals surface area contributed by atoms with Gasteiger partial charge in [-0.2, -0.15) is 0 Å². The lowest BCUT2D eigenvalue weighted by Crippen LogP contribution is -2.14. The minimum atomic E-state index is -0.380. The van der Waals surface area contributed by atoms with Crippen LogP contribution in [0, 0.1) is 13.8 Å². The first-order chi connectivity index (χ1) is 15.5. The summed E-state index contributed by atoms with van der Waals surface area (Å²) < 4.78 is 11.1. The molecule has 5 aromatic rings. The number of nitrogens with zero attached hydrogens (tertiary/aromatic N) is 3. The number of hydrogen-bond acceptors (Lipinski definition) is 6. The molecule has 0 saturated carbocycles. The molecule has 0 fully saturated rings. The van der Waals surface area contributed by atoms with Crippen molar-refractivity contribution in [1.29, 1.82) is 0 Å². The van der Waals surface area contributed by atoms with E-state index in [0.29, 0.717) is 56.1 Å². The summed E-state index contributed by atoms with van der Waals surface area (Å²) in [6.45, 7) is 3.47. The zero-order valence-electron chi connectivity index (χ0n) is 17.2. The molecule has 0 saturated heterocycles. The summed E-state index contributed by atoms with van der Waals surface area (Å²) in [5, 5.41) is 7.43. The quantitative estimate of drug-likeness (QED) is 0.361. The van der Waals surface area contributed by atoms with E-state index < -0.39 is 0 Å². The van der Waals surface area contributed by atoms with Crippen molar-refractivity contribution in [2.45, 2.75) is 13.8 Å². The number of pyridine rings is 1. The zero-order valence-corrected chi connectivity index (χ0v) is 18.0. The average Bonchev–Trinajstić information content (AvgIpc) is 3.38. The van der Waals surface area contributed by atoms with Crippen molar-refractivity contribution in [2.75, 3.05) is 5.32 Å². The van der Waals surface area contributed by atoms with E-state index in [1.165, 1.54) is 0 Å². The number of halogens is 1. The van der Waals surface area contributed by atoms with Crippen LogP contribution in [0.4, 0.5) is 5.69 Å². The Morgan fingerprint density at radius 1 is 1.00 bits per heavy atom. The average molecular weight is 445 g/mol. The standard InChI is InChI=1S/C24H17ClN4O3/c1-13-18(12-19-24(26-13)31-23(28-19)15-8-4-3-5-9-15)27-22(30)20-14(2)32-29-21(20)16-10-6-7-11-17(16)25/h3-12H,1-2H3,(H,27,30). The van der Waals surface area contributed by atoms with Gasteiger partial charge in [0, 0.05) is 11.1 Å². The van der Waals surface area contributed by atoms with Crippen LogP contribution < -0.4 is 5.32 Å². The van der Waals surface area contributed by atoms with E-state index in [0.717, 1.165) is 5.56 Å². The van der Waals surface area contributed by atoms with Crippen molar-refractivity contribution in [3.63, 3.8) is 0 Å². The van der Waals surface area contributed by atoms with Gasteiger partial charge in [-0.05, 0) is 38.1 Å².